The van der Waals surface area contributed by atoms with Gasteiger partial charge in [-0.1, -0.05) is 6.07 Å². The average Bonchev–Trinajstić information content (AvgIpc) is 2.26. The van der Waals surface area contributed by atoms with Crippen molar-refractivity contribution in [2.24, 2.45) is 5.73 Å². The second-order valence-corrected chi connectivity index (χ2v) is 3.48. The number of methoxy groups -OCH3 is 1. The number of benzene rings is 1. The van der Waals surface area contributed by atoms with E-state index in [2.05, 4.69) is 0 Å². The van der Waals surface area contributed by atoms with Crippen LogP contribution in [0, 0.1) is 0 Å². The van der Waals surface area contributed by atoms with Crippen LogP contribution in [0.15, 0.2) is 18.2 Å². The van der Waals surface area contributed by atoms with Crippen molar-refractivity contribution in [3.05, 3.63) is 29.3 Å². The van der Waals surface area contributed by atoms with Crippen molar-refractivity contribution < 1.29 is 19.1 Å². The smallest absolute Gasteiger partial charge is 0.308 e. The normalized spacial score (nSPS) is 10.0. The molecular weight excluding hydrogens is 222 g/mol. The fourth-order valence-corrected chi connectivity index (χ4v) is 1.51. The van der Waals surface area contributed by atoms with Crippen molar-refractivity contribution in [1.29, 1.82) is 0 Å². The Hall–Kier alpha value is -1.88. The molecule has 0 spiro atoms. The van der Waals surface area contributed by atoms with Crippen molar-refractivity contribution in [2.75, 3.05) is 13.7 Å². The van der Waals surface area contributed by atoms with Crippen LogP contribution >= 0.6 is 0 Å². The number of hydrogen-bond donors (Lipinski definition) is 1. The first-order valence-corrected chi connectivity index (χ1v) is 5.15. The van der Waals surface area contributed by atoms with Crippen molar-refractivity contribution in [1.82, 2.24) is 0 Å². The van der Waals surface area contributed by atoms with Gasteiger partial charge in [-0.3, -0.25) is 9.59 Å². The monoisotopic (exact) mass is 237 g/mol. The Morgan fingerprint density at radius 3 is 2.59 bits per heavy atom. The van der Waals surface area contributed by atoms with Gasteiger partial charge in [0.25, 0.3) is 0 Å². The summed E-state index contributed by atoms with van der Waals surface area (Å²) >= 11 is 0. The molecule has 0 radical (unpaired) electrons. The summed E-state index contributed by atoms with van der Waals surface area (Å²) in [6.07, 6.45) is 0.457. The number of carbonyl (C=O) groups excluding carboxylic acids is 2. The molecule has 1 rings (SSSR count). The summed E-state index contributed by atoms with van der Waals surface area (Å²) in [6, 6.07) is 4.84. The standard InChI is InChI=1S/C12H15NO4/c1-8(14)17-11-5-3-4-10(12(13)15)9(11)6-7-16-2/h3-5H,6-7H2,1-2H3,(H2,13,15). The van der Waals surface area contributed by atoms with Gasteiger partial charge in [0.2, 0.25) is 5.91 Å². The maximum absolute atomic E-state index is 11.3. The molecule has 0 aliphatic rings. The Morgan fingerprint density at radius 1 is 1.35 bits per heavy atom. The lowest BCUT2D eigenvalue weighted by molar-refractivity contribution is -0.131. The summed E-state index contributed by atoms with van der Waals surface area (Å²) in [7, 11) is 1.55. The zero-order valence-corrected chi connectivity index (χ0v) is 9.86. The third-order valence-corrected chi connectivity index (χ3v) is 2.21. The van der Waals surface area contributed by atoms with E-state index in [1.54, 1.807) is 25.3 Å². The Bertz CT molecular complexity index is 429. The molecule has 0 aliphatic heterocycles. The predicted molar refractivity (Wildman–Crippen MR) is 61.8 cm³/mol. The van der Waals surface area contributed by atoms with Crippen molar-refractivity contribution >= 4 is 11.9 Å². The summed E-state index contributed by atoms with van der Waals surface area (Å²) in [4.78, 5) is 22.2. The number of nitrogens with two attached hydrogens (primary N) is 1. The number of carbonyl (C=O) groups is 2. The molecule has 1 aromatic carbocycles. The Labute approximate surface area is 99.5 Å². The minimum atomic E-state index is -0.551. The molecule has 1 aromatic rings. The number of hydrogen-bond acceptors (Lipinski definition) is 4. The zero-order valence-electron chi connectivity index (χ0n) is 9.86. The lowest BCUT2D eigenvalue weighted by atomic mass is 10.0. The second-order valence-electron chi connectivity index (χ2n) is 3.48. The number of primary amides is 1. The van der Waals surface area contributed by atoms with Crippen LogP contribution in [0.3, 0.4) is 0 Å². The molecule has 0 saturated heterocycles. The topological polar surface area (TPSA) is 78.6 Å². The van der Waals surface area contributed by atoms with Gasteiger partial charge in [-0.15, -0.1) is 0 Å². The Kier molecular flexibility index (Phi) is 4.66. The molecule has 5 nitrogen and oxygen atoms in total. The van der Waals surface area contributed by atoms with E-state index in [-0.39, 0.29) is 0 Å². The molecular formula is C12H15NO4. The Balaban J connectivity index is 3.13. The predicted octanol–water partition coefficient (Wildman–Crippen LogP) is 0.900. The molecule has 0 fully saturated rings. The highest BCUT2D eigenvalue weighted by Crippen LogP contribution is 2.23. The summed E-state index contributed by atoms with van der Waals surface area (Å²) in [5, 5.41) is 0. The number of amides is 1. The first-order valence-electron chi connectivity index (χ1n) is 5.15. The molecule has 2 N–H and O–H groups in total. The first-order chi connectivity index (χ1) is 8.06. The van der Waals surface area contributed by atoms with E-state index in [1.165, 1.54) is 6.92 Å². The molecule has 5 heteroatoms. The van der Waals surface area contributed by atoms with Crippen molar-refractivity contribution in [3.8, 4) is 5.75 Å². The van der Waals surface area contributed by atoms with Crippen LogP contribution in [0.5, 0.6) is 5.75 Å². The van der Waals surface area contributed by atoms with Gasteiger partial charge in [0, 0.05) is 31.6 Å². The van der Waals surface area contributed by atoms with Gasteiger partial charge < -0.3 is 15.2 Å². The van der Waals surface area contributed by atoms with E-state index in [0.717, 1.165) is 0 Å². The van der Waals surface area contributed by atoms with Gasteiger partial charge >= 0.3 is 5.97 Å². The quantitative estimate of drug-likeness (QED) is 0.609. The van der Waals surface area contributed by atoms with Gasteiger partial charge in [0.15, 0.2) is 0 Å². The van der Waals surface area contributed by atoms with E-state index >= 15 is 0 Å². The van der Waals surface area contributed by atoms with E-state index < -0.39 is 11.9 Å². The summed E-state index contributed by atoms with van der Waals surface area (Å²) in [6.45, 7) is 1.72. The second kappa shape index (κ2) is 6.00. The number of rotatable bonds is 5. The first kappa shape index (κ1) is 13.2. The fourth-order valence-electron chi connectivity index (χ4n) is 1.51. The lowest BCUT2D eigenvalue weighted by Crippen LogP contribution is -2.16. The van der Waals surface area contributed by atoms with Crippen LogP contribution < -0.4 is 10.5 Å². The van der Waals surface area contributed by atoms with Crippen LogP contribution in [0.4, 0.5) is 0 Å². The SMILES string of the molecule is COCCc1c(OC(C)=O)cccc1C(N)=O. The van der Waals surface area contributed by atoms with Crippen LogP contribution in [0.1, 0.15) is 22.8 Å². The van der Waals surface area contributed by atoms with Crippen LogP contribution in [0.25, 0.3) is 0 Å². The molecule has 0 atom stereocenters. The largest absolute Gasteiger partial charge is 0.426 e. The zero-order chi connectivity index (χ0) is 12.8. The maximum Gasteiger partial charge on any atom is 0.308 e. The van der Waals surface area contributed by atoms with Gasteiger partial charge in [-0.2, -0.15) is 0 Å². The van der Waals surface area contributed by atoms with Crippen LogP contribution in [0.2, 0.25) is 0 Å². The molecule has 0 unspecified atom stereocenters. The fraction of sp³-hybridized carbons (Fsp3) is 0.333. The lowest BCUT2D eigenvalue weighted by Gasteiger charge is -2.11. The number of ether oxygens (including phenoxy) is 2. The number of esters is 1. The highest BCUT2D eigenvalue weighted by Gasteiger charge is 2.14. The van der Waals surface area contributed by atoms with Crippen LogP contribution in [-0.2, 0) is 16.0 Å². The summed E-state index contributed by atoms with van der Waals surface area (Å²) in [5.41, 5.74) is 6.21. The van der Waals surface area contributed by atoms with E-state index in [4.69, 9.17) is 15.2 Å². The Morgan fingerprint density at radius 2 is 2.06 bits per heavy atom. The van der Waals surface area contributed by atoms with Gasteiger partial charge in [-0.05, 0) is 12.1 Å². The third kappa shape index (κ3) is 3.57. The highest BCUT2D eigenvalue weighted by atomic mass is 16.5. The molecule has 17 heavy (non-hydrogen) atoms. The van der Waals surface area contributed by atoms with Crippen molar-refractivity contribution in [3.63, 3.8) is 0 Å². The van der Waals surface area contributed by atoms with Gasteiger partial charge in [-0.25, -0.2) is 0 Å². The van der Waals surface area contributed by atoms with E-state index in [1.807, 2.05) is 0 Å². The van der Waals surface area contributed by atoms with Crippen molar-refractivity contribution in [2.45, 2.75) is 13.3 Å². The minimum absolute atomic E-state index is 0.348. The summed E-state index contributed by atoms with van der Waals surface area (Å²) < 4.78 is 9.98. The molecule has 92 valence electrons. The molecule has 0 aromatic heterocycles. The van der Waals surface area contributed by atoms with Gasteiger partial charge in [0.1, 0.15) is 5.75 Å². The molecule has 1 amide bonds. The van der Waals surface area contributed by atoms with E-state index in [9.17, 15) is 9.59 Å². The van der Waals surface area contributed by atoms with E-state index in [0.29, 0.717) is 29.9 Å². The molecule has 0 saturated carbocycles. The third-order valence-electron chi connectivity index (χ3n) is 2.21. The molecule has 0 bridgehead atoms. The van der Waals surface area contributed by atoms with Gasteiger partial charge in [0.05, 0.1) is 6.61 Å². The average molecular weight is 237 g/mol. The molecule has 0 aliphatic carbocycles. The highest BCUT2D eigenvalue weighted by molar-refractivity contribution is 5.95. The summed E-state index contributed by atoms with van der Waals surface area (Å²) in [5.74, 6) is -0.638. The van der Waals surface area contributed by atoms with Crippen LogP contribution in [-0.4, -0.2) is 25.6 Å². The minimum Gasteiger partial charge on any atom is -0.426 e. The maximum atomic E-state index is 11.3. The molecule has 0 heterocycles.